The van der Waals surface area contributed by atoms with E-state index in [2.05, 4.69) is 21.2 Å². The summed E-state index contributed by atoms with van der Waals surface area (Å²) in [5.41, 5.74) is 0.521. The average Bonchev–Trinajstić information content (AvgIpc) is 2.80. The van der Waals surface area contributed by atoms with Gasteiger partial charge in [-0.3, -0.25) is 4.79 Å². The number of halogens is 1. The molecule has 8 heteroatoms. The summed E-state index contributed by atoms with van der Waals surface area (Å²) >= 11 is 3.39. The molecule has 2 unspecified atom stereocenters. The van der Waals surface area contributed by atoms with Gasteiger partial charge in [0, 0.05) is 22.6 Å². The van der Waals surface area contributed by atoms with Crippen LogP contribution in [0.2, 0.25) is 0 Å². The molecule has 24 heavy (non-hydrogen) atoms. The summed E-state index contributed by atoms with van der Waals surface area (Å²) in [5, 5.41) is 3.05. The Balaban J connectivity index is 1.71. The Morgan fingerprint density at radius 2 is 1.92 bits per heavy atom. The number of ether oxygens (including phenoxy) is 1. The number of carbonyl (C=O) groups excluding carboxylic acids is 1. The number of piperidine rings is 1. The van der Waals surface area contributed by atoms with Crippen LogP contribution in [-0.4, -0.2) is 50.1 Å². The van der Waals surface area contributed by atoms with Crippen molar-refractivity contribution in [3.63, 3.8) is 0 Å². The maximum absolute atomic E-state index is 12.6. The van der Waals surface area contributed by atoms with Gasteiger partial charge >= 0.3 is 0 Å². The zero-order chi connectivity index (χ0) is 17.5. The van der Waals surface area contributed by atoms with Gasteiger partial charge in [-0.1, -0.05) is 0 Å². The van der Waals surface area contributed by atoms with Gasteiger partial charge < -0.3 is 10.1 Å². The van der Waals surface area contributed by atoms with Crippen LogP contribution in [0.5, 0.6) is 5.75 Å². The van der Waals surface area contributed by atoms with E-state index in [1.807, 2.05) is 0 Å². The number of nitrogens with one attached hydrogen (secondary N) is 1. The SMILES string of the molecule is COc1ccc(Br)c(C(=O)NC2CC3CCC(C2)N3S(C)(=O)=O)c1. The van der Waals surface area contributed by atoms with Crippen molar-refractivity contribution < 1.29 is 17.9 Å². The number of nitrogens with zero attached hydrogens (tertiary/aromatic N) is 1. The summed E-state index contributed by atoms with van der Waals surface area (Å²) in [7, 11) is -1.63. The third kappa shape index (κ3) is 3.45. The maximum Gasteiger partial charge on any atom is 0.252 e. The van der Waals surface area contributed by atoms with Gasteiger partial charge in [0.2, 0.25) is 10.0 Å². The quantitative estimate of drug-likeness (QED) is 0.815. The van der Waals surface area contributed by atoms with Crippen LogP contribution in [0.3, 0.4) is 0 Å². The number of hydrogen-bond acceptors (Lipinski definition) is 4. The molecule has 2 saturated heterocycles. The zero-order valence-corrected chi connectivity index (χ0v) is 16.1. The molecule has 132 valence electrons. The smallest absolute Gasteiger partial charge is 0.252 e. The summed E-state index contributed by atoms with van der Waals surface area (Å²) < 4.78 is 31.4. The molecule has 2 fully saturated rings. The van der Waals surface area contributed by atoms with Gasteiger partial charge in [-0.15, -0.1) is 0 Å². The number of benzene rings is 1. The molecule has 2 aliphatic heterocycles. The lowest BCUT2D eigenvalue weighted by atomic mass is 9.99. The van der Waals surface area contributed by atoms with E-state index in [9.17, 15) is 13.2 Å². The molecule has 6 nitrogen and oxygen atoms in total. The third-order valence-corrected chi connectivity index (χ3v) is 6.86. The highest BCUT2D eigenvalue weighted by Gasteiger charge is 2.45. The molecule has 0 spiro atoms. The lowest BCUT2D eigenvalue weighted by Crippen LogP contribution is -2.52. The van der Waals surface area contributed by atoms with Crippen molar-refractivity contribution in [2.24, 2.45) is 0 Å². The molecule has 2 heterocycles. The maximum atomic E-state index is 12.6. The highest BCUT2D eigenvalue weighted by atomic mass is 79.9. The van der Waals surface area contributed by atoms with E-state index < -0.39 is 10.0 Å². The molecule has 0 radical (unpaired) electrons. The average molecular weight is 417 g/mol. The van der Waals surface area contributed by atoms with Gasteiger partial charge in [0.15, 0.2) is 0 Å². The molecule has 0 aromatic heterocycles. The Hall–Kier alpha value is -1.12. The van der Waals surface area contributed by atoms with Crippen LogP contribution in [0.15, 0.2) is 22.7 Å². The van der Waals surface area contributed by atoms with Gasteiger partial charge in [0.05, 0.1) is 18.9 Å². The number of hydrogen-bond donors (Lipinski definition) is 1. The first-order valence-corrected chi connectivity index (χ1v) is 10.6. The van der Waals surface area contributed by atoms with E-state index in [1.165, 1.54) is 6.26 Å². The predicted molar refractivity (Wildman–Crippen MR) is 94.7 cm³/mol. The third-order valence-electron chi connectivity index (χ3n) is 4.80. The summed E-state index contributed by atoms with van der Waals surface area (Å²) in [6.45, 7) is 0. The van der Waals surface area contributed by atoms with Crippen molar-refractivity contribution in [1.29, 1.82) is 0 Å². The molecule has 2 aliphatic rings. The number of fused-ring (bicyclic) bond motifs is 2. The molecular formula is C16H21BrN2O4S. The van der Waals surface area contributed by atoms with Crippen LogP contribution >= 0.6 is 15.9 Å². The fourth-order valence-electron chi connectivity index (χ4n) is 3.86. The first kappa shape index (κ1) is 17.7. The summed E-state index contributed by atoms with van der Waals surface area (Å²) in [4.78, 5) is 12.6. The first-order chi connectivity index (χ1) is 11.3. The van der Waals surface area contributed by atoms with E-state index in [0.717, 1.165) is 12.8 Å². The Morgan fingerprint density at radius 1 is 1.29 bits per heavy atom. The van der Waals surface area contributed by atoms with Gasteiger partial charge in [0.25, 0.3) is 5.91 Å². The summed E-state index contributed by atoms with van der Waals surface area (Å²) in [5.74, 6) is 0.452. The molecule has 1 N–H and O–H groups in total. The van der Waals surface area contributed by atoms with E-state index in [-0.39, 0.29) is 24.0 Å². The van der Waals surface area contributed by atoms with E-state index >= 15 is 0 Å². The van der Waals surface area contributed by atoms with Crippen LogP contribution in [0, 0.1) is 0 Å². The highest BCUT2D eigenvalue weighted by molar-refractivity contribution is 9.10. The second-order valence-electron chi connectivity index (χ2n) is 6.47. The second kappa shape index (κ2) is 6.65. The highest BCUT2D eigenvalue weighted by Crippen LogP contribution is 2.37. The van der Waals surface area contributed by atoms with E-state index in [4.69, 9.17) is 4.74 Å². The van der Waals surface area contributed by atoms with Crippen LogP contribution in [0.4, 0.5) is 0 Å². The fourth-order valence-corrected chi connectivity index (χ4v) is 5.75. The molecule has 0 aliphatic carbocycles. The minimum absolute atomic E-state index is 0.00204. The van der Waals surface area contributed by atoms with Gasteiger partial charge in [-0.2, -0.15) is 4.31 Å². The Kier molecular flexibility index (Phi) is 4.90. The predicted octanol–water partition coefficient (Wildman–Crippen LogP) is 2.14. The zero-order valence-electron chi connectivity index (χ0n) is 13.7. The fraction of sp³-hybridized carbons (Fsp3) is 0.562. The lowest BCUT2D eigenvalue weighted by molar-refractivity contribution is 0.0908. The second-order valence-corrected chi connectivity index (χ2v) is 9.21. The van der Waals surface area contributed by atoms with Crippen molar-refractivity contribution >= 4 is 31.9 Å². The Bertz CT molecular complexity index is 738. The van der Waals surface area contributed by atoms with Crippen molar-refractivity contribution in [1.82, 2.24) is 9.62 Å². The van der Waals surface area contributed by atoms with E-state index in [1.54, 1.807) is 29.6 Å². The van der Waals surface area contributed by atoms with Crippen molar-refractivity contribution in [2.45, 2.75) is 43.8 Å². The van der Waals surface area contributed by atoms with Crippen molar-refractivity contribution in [3.8, 4) is 5.75 Å². The lowest BCUT2D eigenvalue weighted by Gasteiger charge is -2.37. The number of methoxy groups -OCH3 is 1. The number of carbonyl (C=O) groups is 1. The number of sulfonamides is 1. The van der Waals surface area contributed by atoms with Gasteiger partial charge in [0.1, 0.15) is 5.75 Å². The molecule has 1 aromatic rings. The van der Waals surface area contributed by atoms with E-state index in [0.29, 0.717) is 28.6 Å². The minimum atomic E-state index is -3.18. The monoisotopic (exact) mass is 416 g/mol. The van der Waals surface area contributed by atoms with Crippen LogP contribution in [0.1, 0.15) is 36.0 Å². The normalized spacial score (nSPS) is 27.0. The minimum Gasteiger partial charge on any atom is -0.497 e. The summed E-state index contributed by atoms with van der Waals surface area (Å²) in [6.07, 6.45) is 4.33. The van der Waals surface area contributed by atoms with Crippen LogP contribution in [0.25, 0.3) is 0 Å². The van der Waals surface area contributed by atoms with Crippen LogP contribution in [-0.2, 0) is 10.0 Å². The van der Waals surface area contributed by atoms with Crippen molar-refractivity contribution in [2.75, 3.05) is 13.4 Å². The molecule has 3 rings (SSSR count). The first-order valence-electron chi connectivity index (χ1n) is 7.92. The van der Waals surface area contributed by atoms with Crippen molar-refractivity contribution in [3.05, 3.63) is 28.2 Å². The molecule has 1 amide bonds. The Labute approximate surface area is 150 Å². The van der Waals surface area contributed by atoms with Gasteiger partial charge in [-0.05, 0) is 59.8 Å². The number of amides is 1. The molecule has 2 atom stereocenters. The standard InChI is InChI=1S/C16H21BrN2O4S/c1-23-13-5-6-15(17)14(9-13)16(20)18-10-7-11-3-4-12(8-10)19(11)24(2,21)22/h5-6,9-12H,3-4,7-8H2,1-2H3,(H,18,20). The summed E-state index contributed by atoms with van der Waals surface area (Å²) in [6, 6.07) is 5.25. The topological polar surface area (TPSA) is 75.7 Å². The molecular weight excluding hydrogens is 396 g/mol. The Morgan fingerprint density at radius 3 is 2.46 bits per heavy atom. The molecule has 0 saturated carbocycles. The molecule has 1 aromatic carbocycles. The largest absolute Gasteiger partial charge is 0.497 e. The van der Waals surface area contributed by atoms with Crippen LogP contribution < -0.4 is 10.1 Å². The molecule has 2 bridgehead atoms. The number of rotatable bonds is 4. The van der Waals surface area contributed by atoms with Gasteiger partial charge in [-0.25, -0.2) is 8.42 Å².